The molecule has 0 aliphatic carbocycles. The number of aryl methyl sites for hydroxylation is 1. The number of carbonyl (C=O) groups is 2. The quantitative estimate of drug-likeness (QED) is 0.632. The maximum Gasteiger partial charge on any atom is 0.336 e. The minimum Gasteiger partial charge on any atom is -0.548 e. The van der Waals surface area contributed by atoms with Crippen molar-refractivity contribution in [3.8, 4) is 5.75 Å². The molecule has 7 nitrogen and oxygen atoms in total. The van der Waals surface area contributed by atoms with Crippen LogP contribution in [0.1, 0.15) is 45.1 Å². The second kappa shape index (κ2) is 9.75. The minimum atomic E-state index is -1.31. The fourth-order valence-corrected chi connectivity index (χ4v) is 2.82. The number of benzene rings is 1. The van der Waals surface area contributed by atoms with Crippen molar-refractivity contribution in [3.63, 3.8) is 0 Å². The number of hydrogen-bond donors (Lipinski definition) is 1. The zero-order valence-electron chi connectivity index (χ0n) is 15.6. The van der Waals surface area contributed by atoms with Crippen molar-refractivity contribution in [2.45, 2.75) is 52.0 Å². The zero-order valence-corrected chi connectivity index (χ0v) is 15.6. The highest BCUT2D eigenvalue weighted by atomic mass is 16.5. The first-order valence-electron chi connectivity index (χ1n) is 9.14. The molecule has 1 amide bonds. The Bertz CT molecular complexity index is 857. The largest absolute Gasteiger partial charge is 0.548 e. The number of nitrogens with one attached hydrogen (secondary N) is 1. The van der Waals surface area contributed by atoms with Crippen molar-refractivity contribution in [2.75, 3.05) is 6.61 Å². The molecule has 146 valence electrons. The number of hydrogen-bond acceptors (Lipinski definition) is 6. The number of carboxylic acids is 1. The molecule has 1 N–H and O–H groups in total. The summed E-state index contributed by atoms with van der Waals surface area (Å²) in [5.41, 5.74) is 0.855. The molecular weight excluding hydrogens is 350 g/mol. The smallest absolute Gasteiger partial charge is 0.336 e. The number of amides is 1. The molecular formula is C20H24NO6-. The first-order valence-corrected chi connectivity index (χ1v) is 9.14. The lowest BCUT2D eigenvalue weighted by Gasteiger charge is -2.19. The Kier molecular flexibility index (Phi) is 7.40. The third kappa shape index (κ3) is 5.84. The molecule has 0 bridgehead atoms. The van der Waals surface area contributed by atoms with Gasteiger partial charge in [-0.1, -0.05) is 33.1 Å². The van der Waals surface area contributed by atoms with Crippen molar-refractivity contribution < 1.29 is 23.8 Å². The lowest BCUT2D eigenvalue weighted by atomic mass is 10.1. The van der Waals surface area contributed by atoms with Crippen LogP contribution in [0, 0.1) is 0 Å². The molecule has 1 aromatic heterocycles. The highest BCUT2D eigenvalue weighted by Crippen LogP contribution is 2.23. The van der Waals surface area contributed by atoms with Gasteiger partial charge in [-0.2, -0.15) is 0 Å². The summed E-state index contributed by atoms with van der Waals surface area (Å²) in [4.78, 5) is 34.7. The molecule has 0 radical (unpaired) electrons. The van der Waals surface area contributed by atoms with Gasteiger partial charge in [-0.25, -0.2) is 4.79 Å². The van der Waals surface area contributed by atoms with E-state index in [2.05, 4.69) is 5.32 Å². The Hall–Kier alpha value is -2.83. The van der Waals surface area contributed by atoms with Crippen molar-refractivity contribution in [2.24, 2.45) is 0 Å². The highest BCUT2D eigenvalue weighted by Gasteiger charge is 2.14. The van der Waals surface area contributed by atoms with Crippen LogP contribution in [0.2, 0.25) is 0 Å². The summed E-state index contributed by atoms with van der Waals surface area (Å²) in [5.74, 6) is -1.51. The predicted molar refractivity (Wildman–Crippen MR) is 98.4 cm³/mol. The molecule has 0 spiro atoms. The molecule has 0 aliphatic heterocycles. The van der Waals surface area contributed by atoms with Crippen LogP contribution in [0.5, 0.6) is 5.75 Å². The standard InChI is InChI=1S/C20H25NO6/c1-3-5-7-16(20(24)25)21-18(22)12-26-14-8-9-15-13(6-4-2)10-19(23)27-17(15)11-14/h8-11,16H,3-7,12H2,1-2H3,(H,21,22)(H,24,25)/p-1/t16-/m0/s1. The van der Waals surface area contributed by atoms with Gasteiger partial charge in [0.2, 0.25) is 0 Å². The van der Waals surface area contributed by atoms with E-state index in [9.17, 15) is 19.5 Å². The summed E-state index contributed by atoms with van der Waals surface area (Å²) in [6.07, 6.45) is 3.45. The maximum atomic E-state index is 12.0. The van der Waals surface area contributed by atoms with E-state index in [0.29, 0.717) is 24.2 Å². The van der Waals surface area contributed by atoms with Gasteiger partial charge in [0, 0.05) is 17.5 Å². The van der Waals surface area contributed by atoms with E-state index in [4.69, 9.17) is 9.15 Å². The average molecular weight is 374 g/mol. The van der Waals surface area contributed by atoms with Crippen LogP contribution in [0.4, 0.5) is 0 Å². The molecule has 2 rings (SSSR count). The topological polar surface area (TPSA) is 109 Å². The third-order valence-electron chi connectivity index (χ3n) is 4.16. The number of rotatable bonds is 10. The fraction of sp³-hybridized carbons (Fsp3) is 0.450. The average Bonchev–Trinajstić information content (AvgIpc) is 2.63. The molecule has 7 heteroatoms. The van der Waals surface area contributed by atoms with E-state index in [0.717, 1.165) is 30.2 Å². The molecule has 27 heavy (non-hydrogen) atoms. The van der Waals surface area contributed by atoms with Gasteiger partial charge >= 0.3 is 5.63 Å². The molecule has 0 fully saturated rings. The van der Waals surface area contributed by atoms with Crippen molar-refractivity contribution in [1.29, 1.82) is 0 Å². The monoisotopic (exact) mass is 374 g/mol. The zero-order chi connectivity index (χ0) is 19.8. The molecule has 0 saturated carbocycles. The summed E-state index contributed by atoms with van der Waals surface area (Å²) in [7, 11) is 0. The van der Waals surface area contributed by atoms with Gasteiger partial charge in [0.05, 0.1) is 12.0 Å². The number of aliphatic carboxylic acids is 1. The first-order chi connectivity index (χ1) is 12.9. The Morgan fingerprint density at radius 1 is 1.22 bits per heavy atom. The first kappa shape index (κ1) is 20.5. The second-order valence-electron chi connectivity index (χ2n) is 6.37. The van der Waals surface area contributed by atoms with Crippen LogP contribution in [0.15, 0.2) is 33.5 Å². The van der Waals surface area contributed by atoms with Gasteiger partial charge in [-0.3, -0.25) is 4.79 Å². The second-order valence-corrected chi connectivity index (χ2v) is 6.37. The van der Waals surface area contributed by atoms with E-state index in [1.54, 1.807) is 18.2 Å². The van der Waals surface area contributed by atoms with Crippen molar-refractivity contribution in [1.82, 2.24) is 5.32 Å². The van der Waals surface area contributed by atoms with Gasteiger partial charge in [-0.15, -0.1) is 0 Å². The predicted octanol–water partition coefficient (Wildman–Crippen LogP) is 1.55. The van der Waals surface area contributed by atoms with Crippen molar-refractivity contribution in [3.05, 3.63) is 40.2 Å². The Balaban J connectivity index is 2.05. The number of ether oxygens (including phenoxy) is 1. The molecule has 0 aliphatic rings. The van der Waals surface area contributed by atoms with E-state index in [1.165, 1.54) is 6.07 Å². The van der Waals surface area contributed by atoms with Crippen LogP contribution in [0.25, 0.3) is 11.0 Å². The summed E-state index contributed by atoms with van der Waals surface area (Å²) in [6, 6.07) is 5.46. The Morgan fingerprint density at radius 2 is 2.00 bits per heavy atom. The Labute approximate surface area is 157 Å². The van der Waals surface area contributed by atoms with Crippen LogP contribution in [0.3, 0.4) is 0 Å². The summed E-state index contributed by atoms with van der Waals surface area (Å²) in [5, 5.41) is 14.3. The van der Waals surface area contributed by atoms with E-state index in [-0.39, 0.29) is 6.61 Å². The summed E-state index contributed by atoms with van der Waals surface area (Å²) >= 11 is 0. The normalized spacial score (nSPS) is 11.9. The number of fused-ring (bicyclic) bond motifs is 1. The minimum absolute atomic E-state index is 0.311. The van der Waals surface area contributed by atoms with E-state index < -0.39 is 23.5 Å². The highest BCUT2D eigenvalue weighted by molar-refractivity contribution is 5.84. The fourth-order valence-electron chi connectivity index (χ4n) is 2.82. The Morgan fingerprint density at radius 3 is 2.67 bits per heavy atom. The van der Waals surface area contributed by atoms with Crippen molar-refractivity contribution >= 4 is 22.8 Å². The molecule has 1 aromatic carbocycles. The molecule has 2 aromatic rings. The number of carbonyl (C=O) groups excluding carboxylic acids is 2. The van der Waals surface area contributed by atoms with Gasteiger partial charge in [0.1, 0.15) is 11.3 Å². The van der Waals surface area contributed by atoms with Crippen LogP contribution >= 0.6 is 0 Å². The molecule has 0 saturated heterocycles. The number of unbranched alkanes of at least 4 members (excludes halogenated alkanes) is 1. The van der Waals surface area contributed by atoms with Crippen LogP contribution in [-0.2, 0) is 16.0 Å². The maximum absolute atomic E-state index is 12.0. The van der Waals surface area contributed by atoms with E-state index in [1.807, 2.05) is 13.8 Å². The van der Waals surface area contributed by atoms with E-state index >= 15 is 0 Å². The van der Waals surface area contributed by atoms with Gasteiger partial charge in [-0.05, 0) is 30.5 Å². The molecule has 1 atom stereocenters. The third-order valence-corrected chi connectivity index (χ3v) is 4.16. The van der Waals surface area contributed by atoms with Gasteiger partial charge < -0.3 is 24.4 Å². The number of carboxylic acid groups (broad SMARTS) is 1. The van der Waals surface area contributed by atoms with Gasteiger partial charge in [0.15, 0.2) is 6.61 Å². The molecule has 0 unspecified atom stereocenters. The summed E-state index contributed by atoms with van der Waals surface area (Å²) < 4.78 is 10.6. The SMILES string of the molecule is CCCC[C@H](NC(=O)COc1ccc2c(CCC)cc(=O)oc2c1)C(=O)[O-]. The molecule has 1 heterocycles. The lowest BCUT2D eigenvalue weighted by molar-refractivity contribution is -0.308. The van der Waals surface area contributed by atoms with Crippen LogP contribution in [-0.4, -0.2) is 24.5 Å². The lowest BCUT2D eigenvalue weighted by Crippen LogP contribution is -2.49. The van der Waals surface area contributed by atoms with Crippen LogP contribution < -0.4 is 20.8 Å². The van der Waals surface area contributed by atoms with Gasteiger partial charge in [0.25, 0.3) is 5.91 Å². The summed E-state index contributed by atoms with van der Waals surface area (Å²) in [6.45, 7) is 3.61.